The van der Waals surface area contributed by atoms with E-state index in [2.05, 4.69) is 15.0 Å². The van der Waals surface area contributed by atoms with Crippen LogP contribution in [0.15, 0.2) is 24.3 Å². The van der Waals surface area contributed by atoms with Crippen LogP contribution in [0.2, 0.25) is 0 Å². The molecule has 0 saturated carbocycles. The first-order valence-corrected chi connectivity index (χ1v) is 9.87. The zero-order valence-corrected chi connectivity index (χ0v) is 16.3. The number of nitrogens with two attached hydrogens (primary N) is 1. The van der Waals surface area contributed by atoms with Crippen LogP contribution in [0.25, 0.3) is 11.2 Å². The van der Waals surface area contributed by atoms with Crippen molar-refractivity contribution < 1.29 is 18.9 Å². The van der Waals surface area contributed by atoms with E-state index < -0.39 is 8.03 Å². The van der Waals surface area contributed by atoms with Gasteiger partial charge in [-0.05, 0) is 28.4 Å². The minimum absolute atomic E-state index is 0.106. The number of anilines is 1. The molecule has 2 heterocycles. The molecule has 0 spiro atoms. The molecular formula is C16H19N5O4PS+. The zero-order valence-electron chi connectivity index (χ0n) is 14.6. The molecule has 27 heavy (non-hydrogen) atoms. The molecule has 3 aromatic rings. The van der Waals surface area contributed by atoms with Crippen molar-refractivity contribution in [3.05, 3.63) is 40.2 Å². The molecule has 0 radical (unpaired) electrons. The third kappa shape index (κ3) is 4.67. The lowest BCUT2D eigenvalue weighted by Gasteiger charge is -2.08. The summed E-state index contributed by atoms with van der Waals surface area (Å²) in [5, 5.41) is 0. The maximum atomic E-state index is 11.1. The highest BCUT2D eigenvalue weighted by molar-refractivity contribution is 7.71. The first-order chi connectivity index (χ1) is 13.0. The van der Waals surface area contributed by atoms with Gasteiger partial charge in [0.2, 0.25) is 6.16 Å². The fourth-order valence-corrected chi connectivity index (χ4v) is 3.39. The van der Waals surface area contributed by atoms with E-state index in [0.29, 0.717) is 35.7 Å². The van der Waals surface area contributed by atoms with Gasteiger partial charge in [-0.2, -0.15) is 14.9 Å². The van der Waals surface area contributed by atoms with Crippen molar-refractivity contribution in [2.75, 3.05) is 26.1 Å². The van der Waals surface area contributed by atoms with Crippen LogP contribution < -0.4 is 10.5 Å². The molecule has 4 N–H and O–H groups in total. The number of ether oxygens (including phenoxy) is 2. The molecule has 0 fully saturated rings. The maximum absolute atomic E-state index is 11.1. The topological polar surface area (TPSA) is 128 Å². The number of H-pyrrole nitrogens is 1. The number of methoxy groups -OCH3 is 1. The average Bonchev–Trinajstić information content (AvgIpc) is 2.92. The lowest BCUT2D eigenvalue weighted by atomic mass is 10.1. The second-order valence-corrected chi connectivity index (χ2v) is 7.19. The number of fused-ring (bicyclic) bond motifs is 1. The Morgan fingerprint density at radius 3 is 2.85 bits per heavy atom. The maximum Gasteiger partial charge on any atom is 0.510 e. The van der Waals surface area contributed by atoms with Gasteiger partial charge >= 0.3 is 14.0 Å². The summed E-state index contributed by atoms with van der Waals surface area (Å²) < 4.78 is 23.7. The summed E-state index contributed by atoms with van der Waals surface area (Å²) in [6, 6.07) is 7.57. The Hall–Kier alpha value is -2.39. The highest BCUT2D eigenvalue weighted by Crippen LogP contribution is 2.24. The summed E-state index contributed by atoms with van der Waals surface area (Å²) in [6.07, 6.45) is 0.106. The monoisotopic (exact) mass is 408 g/mol. The van der Waals surface area contributed by atoms with Gasteiger partial charge in [0.15, 0.2) is 16.2 Å². The van der Waals surface area contributed by atoms with Gasteiger partial charge < -0.3 is 20.2 Å². The van der Waals surface area contributed by atoms with Crippen LogP contribution in [0.1, 0.15) is 11.1 Å². The van der Waals surface area contributed by atoms with E-state index in [4.69, 9.17) is 32.3 Å². The molecule has 0 bridgehead atoms. The van der Waals surface area contributed by atoms with Crippen molar-refractivity contribution in [3.63, 3.8) is 0 Å². The Bertz CT molecular complexity index is 1040. The zero-order chi connectivity index (χ0) is 19.4. The molecule has 1 aromatic carbocycles. The standard InChI is InChI=1S/C16H18N5O4PS/c1-24-5-6-25-15-19-13(17)12-14(20-15)21(16(27)18-12)8-10-3-2-4-11(7-10)9-26(22)23/h2-4,7H,5-6,8-9H2,1H3,(H3-,17,18,19,20,22,23,27)/p+1. The Morgan fingerprint density at radius 2 is 2.11 bits per heavy atom. The summed E-state index contributed by atoms with van der Waals surface area (Å²) in [5.74, 6) is 0.239. The number of aromatic nitrogens is 4. The predicted molar refractivity (Wildman–Crippen MR) is 104 cm³/mol. The normalized spacial score (nSPS) is 11.7. The SMILES string of the molecule is COCCOc1nc(N)c2[nH]c(=S)n(Cc3cccc(C[P+](=O)O)c3)c2n1. The molecule has 3 rings (SSSR count). The van der Waals surface area contributed by atoms with Gasteiger partial charge in [-0.1, -0.05) is 18.2 Å². The number of rotatable bonds is 8. The van der Waals surface area contributed by atoms with Crippen LogP contribution in [-0.2, 0) is 22.0 Å². The van der Waals surface area contributed by atoms with Gasteiger partial charge in [0, 0.05) is 12.7 Å². The van der Waals surface area contributed by atoms with Gasteiger partial charge in [-0.25, -0.2) is 0 Å². The minimum atomic E-state index is -2.24. The quantitative estimate of drug-likeness (QED) is 0.294. The molecule has 1 atom stereocenters. The Kier molecular flexibility index (Phi) is 6.12. The van der Waals surface area contributed by atoms with Crippen molar-refractivity contribution >= 4 is 37.2 Å². The van der Waals surface area contributed by atoms with Gasteiger partial charge in [0.05, 0.1) is 13.2 Å². The molecule has 1 unspecified atom stereocenters. The van der Waals surface area contributed by atoms with Crippen molar-refractivity contribution in [1.29, 1.82) is 0 Å². The number of hydrogen-bond acceptors (Lipinski definition) is 7. The number of aromatic amines is 1. The number of imidazole rings is 1. The largest absolute Gasteiger partial charge is 0.510 e. The fraction of sp³-hybridized carbons (Fsp3) is 0.312. The fourth-order valence-electron chi connectivity index (χ4n) is 2.62. The highest BCUT2D eigenvalue weighted by Gasteiger charge is 2.15. The summed E-state index contributed by atoms with van der Waals surface area (Å²) in [6.45, 7) is 1.12. The van der Waals surface area contributed by atoms with Gasteiger partial charge in [0.25, 0.3) is 0 Å². The number of benzene rings is 1. The van der Waals surface area contributed by atoms with Gasteiger partial charge in [-0.15, -0.1) is 0 Å². The Morgan fingerprint density at radius 1 is 1.33 bits per heavy atom. The second-order valence-electron chi connectivity index (χ2n) is 5.78. The molecule has 0 aliphatic carbocycles. The van der Waals surface area contributed by atoms with Crippen molar-refractivity contribution in [2.45, 2.75) is 12.7 Å². The smallest absolute Gasteiger partial charge is 0.461 e. The van der Waals surface area contributed by atoms with Crippen LogP contribution >= 0.6 is 20.2 Å². The molecular weight excluding hydrogens is 389 g/mol. The molecule has 2 aromatic heterocycles. The number of nitrogen functional groups attached to an aromatic ring is 1. The Balaban J connectivity index is 1.95. The third-order valence-electron chi connectivity index (χ3n) is 3.80. The highest BCUT2D eigenvalue weighted by atomic mass is 32.1. The van der Waals surface area contributed by atoms with E-state index in [1.165, 1.54) is 0 Å². The van der Waals surface area contributed by atoms with E-state index in [1.54, 1.807) is 11.7 Å². The first-order valence-electron chi connectivity index (χ1n) is 8.07. The van der Waals surface area contributed by atoms with Crippen molar-refractivity contribution in [3.8, 4) is 6.01 Å². The summed E-state index contributed by atoms with van der Waals surface area (Å²) in [7, 11) is -0.661. The van der Waals surface area contributed by atoms with Gasteiger partial charge in [0.1, 0.15) is 12.1 Å². The Labute approximate surface area is 161 Å². The minimum Gasteiger partial charge on any atom is -0.461 e. The molecule has 0 amide bonds. The summed E-state index contributed by atoms with van der Waals surface area (Å²) >= 11 is 5.40. The predicted octanol–water partition coefficient (Wildman–Crippen LogP) is 2.38. The molecule has 0 saturated heterocycles. The van der Waals surface area contributed by atoms with E-state index in [9.17, 15) is 4.57 Å². The number of hydrogen-bond donors (Lipinski definition) is 3. The molecule has 0 aliphatic heterocycles. The molecule has 11 heteroatoms. The lowest BCUT2D eigenvalue weighted by Crippen LogP contribution is -2.09. The van der Waals surface area contributed by atoms with E-state index >= 15 is 0 Å². The van der Waals surface area contributed by atoms with Crippen LogP contribution in [0.4, 0.5) is 5.82 Å². The molecule has 0 aliphatic rings. The average molecular weight is 408 g/mol. The molecule has 142 valence electrons. The van der Waals surface area contributed by atoms with Gasteiger partial charge in [-0.3, -0.25) is 4.57 Å². The number of nitrogens with one attached hydrogen (secondary N) is 1. The number of nitrogens with zero attached hydrogens (tertiary/aromatic N) is 3. The molecule has 9 nitrogen and oxygen atoms in total. The van der Waals surface area contributed by atoms with Crippen molar-refractivity contribution in [2.24, 2.45) is 0 Å². The van der Waals surface area contributed by atoms with E-state index in [1.807, 2.05) is 24.3 Å². The first kappa shape index (κ1) is 19.4. The van der Waals surface area contributed by atoms with Crippen LogP contribution in [0.3, 0.4) is 0 Å². The van der Waals surface area contributed by atoms with E-state index in [0.717, 1.165) is 11.1 Å². The summed E-state index contributed by atoms with van der Waals surface area (Å²) in [5.41, 5.74) is 8.76. The van der Waals surface area contributed by atoms with Crippen molar-refractivity contribution in [1.82, 2.24) is 19.5 Å². The van der Waals surface area contributed by atoms with E-state index in [-0.39, 0.29) is 18.0 Å². The second kappa shape index (κ2) is 8.53. The van der Waals surface area contributed by atoms with Crippen LogP contribution in [-0.4, -0.2) is 44.7 Å². The summed E-state index contributed by atoms with van der Waals surface area (Å²) in [4.78, 5) is 20.7. The lowest BCUT2D eigenvalue weighted by molar-refractivity contribution is 0.141. The third-order valence-corrected chi connectivity index (χ3v) is 4.76. The van der Waals surface area contributed by atoms with Crippen LogP contribution in [0, 0.1) is 4.77 Å². The van der Waals surface area contributed by atoms with Crippen LogP contribution in [0.5, 0.6) is 6.01 Å².